The minimum absolute atomic E-state index is 0.0478. The summed E-state index contributed by atoms with van der Waals surface area (Å²) in [6.07, 6.45) is 15.5. The zero-order valence-electron chi connectivity index (χ0n) is 28.1. The molecule has 0 bridgehead atoms. The number of hydrogen-bond acceptors (Lipinski definition) is 5. The van der Waals surface area contributed by atoms with Gasteiger partial charge in [0.05, 0.1) is 19.3 Å². The van der Waals surface area contributed by atoms with E-state index in [1.165, 1.54) is 20.0 Å². The number of methoxy groups -OCH3 is 1. The molecule has 40 heavy (non-hydrogen) atoms. The Morgan fingerprint density at radius 3 is 2.12 bits per heavy atom. The van der Waals surface area contributed by atoms with Gasteiger partial charge >= 0.3 is 5.97 Å². The quantitative estimate of drug-likeness (QED) is 0.0585. The van der Waals surface area contributed by atoms with Crippen LogP contribution in [0.5, 0.6) is 0 Å². The molecule has 1 fully saturated rings. The molecule has 0 radical (unpaired) electrons. The van der Waals surface area contributed by atoms with Crippen LogP contribution in [-0.2, 0) is 23.2 Å². The Bertz CT molecular complexity index is 861. The van der Waals surface area contributed by atoms with Crippen molar-refractivity contribution < 1.29 is 23.2 Å². The molecule has 0 aliphatic heterocycles. The largest absolute Gasteiger partial charge is 0.469 e. The van der Waals surface area contributed by atoms with Crippen LogP contribution in [0.25, 0.3) is 0 Å². The summed E-state index contributed by atoms with van der Waals surface area (Å²) in [5, 5.41) is 0.213. The number of allylic oxidation sites excluding steroid dienone is 1. The highest BCUT2D eigenvalue weighted by atomic mass is 28.4. The molecule has 1 aliphatic rings. The van der Waals surface area contributed by atoms with E-state index >= 15 is 0 Å². The Morgan fingerprint density at radius 1 is 0.950 bits per heavy atom. The van der Waals surface area contributed by atoms with Crippen molar-refractivity contribution >= 4 is 28.4 Å². The number of unbranched alkanes of at least 4 members (excludes halogenated alkanes) is 5. The van der Waals surface area contributed by atoms with E-state index < -0.39 is 16.6 Å². The van der Waals surface area contributed by atoms with Crippen LogP contribution < -0.4 is 0 Å². The molecule has 5 nitrogen and oxygen atoms in total. The Balaban J connectivity index is 3.23. The average molecular weight is 595 g/mol. The van der Waals surface area contributed by atoms with Gasteiger partial charge in [0.25, 0.3) is 0 Å². The second kappa shape index (κ2) is 16.0. The van der Waals surface area contributed by atoms with Gasteiger partial charge in [0, 0.05) is 24.3 Å². The normalized spacial score (nSPS) is 21.0. The van der Waals surface area contributed by atoms with Crippen LogP contribution in [0.3, 0.4) is 0 Å². The number of carbonyl (C=O) groups is 2. The Labute approximate surface area is 249 Å². The number of rotatable bonds is 16. The first-order chi connectivity index (χ1) is 18.4. The smallest absolute Gasteiger partial charge is 0.305 e. The van der Waals surface area contributed by atoms with E-state index in [1.807, 2.05) is 0 Å². The molecule has 0 saturated heterocycles. The Kier molecular flexibility index (Phi) is 14.8. The molecule has 0 aromatic heterocycles. The van der Waals surface area contributed by atoms with E-state index in [4.69, 9.17) is 13.6 Å². The Hall–Kier alpha value is -1.03. The van der Waals surface area contributed by atoms with Crippen molar-refractivity contribution in [3.63, 3.8) is 0 Å². The fourth-order valence-corrected chi connectivity index (χ4v) is 7.15. The van der Waals surface area contributed by atoms with Gasteiger partial charge in [-0.2, -0.15) is 0 Å². The summed E-state index contributed by atoms with van der Waals surface area (Å²) in [4.78, 5) is 24.7. The minimum atomic E-state index is -2.06. The van der Waals surface area contributed by atoms with Crippen molar-refractivity contribution in [2.24, 2.45) is 5.92 Å². The molecule has 0 spiro atoms. The van der Waals surface area contributed by atoms with E-state index in [0.717, 1.165) is 44.1 Å². The number of Topliss-reactive ketones (excluding diaryl/α,β-unsaturated/α-hetero) is 1. The molecule has 1 aliphatic carbocycles. The number of carbonyl (C=O) groups excluding carboxylic acids is 2. The summed E-state index contributed by atoms with van der Waals surface area (Å²) >= 11 is 0. The summed E-state index contributed by atoms with van der Waals surface area (Å²) in [6, 6.07) is 0. The summed E-state index contributed by atoms with van der Waals surface area (Å²) < 4.78 is 18.5. The van der Waals surface area contributed by atoms with Crippen LogP contribution in [0, 0.1) is 5.92 Å². The maximum atomic E-state index is 13.3. The molecule has 0 heterocycles. The van der Waals surface area contributed by atoms with Gasteiger partial charge in [0.2, 0.25) is 0 Å². The molecular weight excluding hydrogens is 533 g/mol. The summed E-state index contributed by atoms with van der Waals surface area (Å²) in [5.41, 5.74) is 0.896. The molecule has 232 valence electrons. The predicted octanol–water partition coefficient (Wildman–Crippen LogP) is 9.54. The second-order valence-corrected chi connectivity index (χ2v) is 24.2. The van der Waals surface area contributed by atoms with E-state index in [-0.39, 0.29) is 40.0 Å². The fraction of sp³-hybridized carbons (Fsp3) is 0.818. The monoisotopic (exact) mass is 594 g/mol. The summed E-state index contributed by atoms with van der Waals surface area (Å²) in [5.74, 6) is 0.00251. The van der Waals surface area contributed by atoms with Crippen molar-refractivity contribution in [2.45, 2.75) is 161 Å². The zero-order chi connectivity index (χ0) is 30.8. The average Bonchev–Trinajstić information content (AvgIpc) is 3.10. The molecule has 1 saturated carbocycles. The van der Waals surface area contributed by atoms with Gasteiger partial charge < -0.3 is 13.6 Å². The maximum Gasteiger partial charge on any atom is 0.305 e. The third-order valence-electron chi connectivity index (χ3n) is 9.27. The number of ether oxygens (including phenoxy) is 1. The summed E-state index contributed by atoms with van der Waals surface area (Å²) in [6.45, 7) is 25.0. The fourth-order valence-electron chi connectivity index (χ4n) is 4.50. The van der Waals surface area contributed by atoms with Gasteiger partial charge in [-0.1, -0.05) is 92.4 Å². The van der Waals surface area contributed by atoms with E-state index in [9.17, 15) is 9.59 Å². The first-order valence-corrected chi connectivity index (χ1v) is 21.5. The van der Waals surface area contributed by atoms with Crippen LogP contribution in [0.4, 0.5) is 0 Å². The van der Waals surface area contributed by atoms with Crippen molar-refractivity contribution in [1.29, 1.82) is 0 Å². The number of hydrogen-bond donors (Lipinski definition) is 0. The van der Waals surface area contributed by atoms with Crippen LogP contribution in [0.2, 0.25) is 36.3 Å². The molecular formula is C33H62O5Si2. The Morgan fingerprint density at radius 2 is 1.57 bits per heavy atom. The third-order valence-corrected chi connectivity index (χ3v) is 18.3. The van der Waals surface area contributed by atoms with E-state index in [2.05, 4.69) is 92.9 Å². The first kappa shape index (κ1) is 37.0. The number of ketones is 1. The van der Waals surface area contributed by atoms with Crippen molar-refractivity contribution in [3.05, 3.63) is 23.8 Å². The van der Waals surface area contributed by atoms with Gasteiger partial charge in [0.1, 0.15) is 0 Å². The molecule has 7 heteroatoms. The predicted molar refractivity (Wildman–Crippen MR) is 174 cm³/mol. The van der Waals surface area contributed by atoms with Gasteiger partial charge in [-0.3, -0.25) is 9.59 Å². The molecule has 0 amide bonds. The third kappa shape index (κ3) is 11.7. The van der Waals surface area contributed by atoms with Crippen LogP contribution in [0.1, 0.15) is 113 Å². The van der Waals surface area contributed by atoms with E-state index in [0.29, 0.717) is 12.8 Å². The minimum Gasteiger partial charge on any atom is -0.469 e. The highest BCUT2D eigenvalue weighted by Gasteiger charge is 2.45. The van der Waals surface area contributed by atoms with Crippen molar-refractivity contribution in [2.75, 3.05) is 7.11 Å². The second-order valence-electron chi connectivity index (χ2n) is 14.7. The van der Waals surface area contributed by atoms with Gasteiger partial charge in [-0.15, -0.1) is 0 Å². The highest BCUT2D eigenvalue weighted by Crippen LogP contribution is 2.42. The molecule has 0 aromatic rings. The van der Waals surface area contributed by atoms with Gasteiger partial charge in [-0.25, -0.2) is 0 Å². The highest BCUT2D eigenvalue weighted by molar-refractivity contribution is 6.74. The van der Waals surface area contributed by atoms with Crippen LogP contribution in [-0.4, -0.2) is 47.7 Å². The summed E-state index contributed by atoms with van der Waals surface area (Å²) in [7, 11) is -2.58. The lowest BCUT2D eigenvalue weighted by molar-refractivity contribution is -0.140. The van der Waals surface area contributed by atoms with Crippen LogP contribution in [0.15, 0.2) is 23.8 Å². The molecule has 1 rings (SSSR count). The number of esters is 1. The van der Waals surface area contributed by atoms with E-state index in [1.54, 1.807) is 0 Å². The van der Waals surface area contributed by atoms with Crippen LogP contribution >= 0.6 is 0 Å². The lowest BCUT2D eigenvalue weighted by Gasteiger charge is -2.40. The lowest BCUT2D eigenvalue weighted by Crippen LogP contribution is -2.45. The van der Waals surface area contributed by atoms with Gasteiger partial charge in [-0.05, 0) is 61.9 Å². The van der Waals surface area contributed by atoms with Crippen molar-refractivity contribution in [3.8, 4) is 0 Å². The molecule has 3 atom stereocenters. The molecule has 0 unspecified atom stereocenters. The lowest BCUT2D eigenvalue weighted by atomic mass is 9.97. The maximum absolute atomic E-state index is 13.3. The first-order valence-electron chi connectivity index (χ1n) is 15.7. The van der Waals surface area contributed by atoms with Crippen molar-refractivity contribution in [1.82, 2.24) is 0 Å². The SMILES string of the molecule is CCCCC[C@H](/C=C/[C@H]1/C(=C\CCCCCC(=O)OC)C(=O)C[C@@H]1O[Si](C)(C)C(C)(C)C)O[Si](C)(C)C(C)(C)C. The standard InChI is InChI=1S/C33H62O5Si2/c1-13-14-17-20-26(37-39(9,10)32(2,3)4)23-24-28-27(21-18-15-16-19-22-31(35)36-8)29(34)25-30(28)38-40(11,12)33(5,6)7/h21,23-24,26,28,30H,13-20,22,25H2,1-12H3/b24-23+,27-21+/t26-,28+,30+/m1/s1. The molecule has 0 aromatic carbocycles. The van der Waals surface area contributed by atoms with Gasteiger partial charge in [0.15, 0.2) is 22.4 Å². The molecule has 0 N–H and O–H groups in total. The zero-order valence-corrected chi connectivity index (χ0v) is 30.1. The topological polar surface area (TPSA) is 61.8 Å².